The lowest BCUT2D eigenvalue weighted by atomic mass is 10.1. The van der Waals surface area contributed by atoms with Gasteiger partial charge < -0.3 is 5.73 Å². The summed E-state index contributed by atoms with van der Waals surface area (Å²) in [6.07, 6.45) is 0. The second kappa shape index (κ2) is 3.22. The Morgan fingerprint density at radius 1 is 1.50 bits per heavy atom. The van der Waals surface area contributed by atoms with Crippen LogP contribution in [0.2, 0.25) is 0 Å². The average molecular weight is 160 g/mol. The number of anilines is 1. The highest BCUT2D eigenvalue weighted by Crippen LogP contribution is 2.26. The van der Waals surface area contributed by atoms with Gasteiger partial charge in [0.1, 0.15) is 0 Å². The van der Waals surface area contributed by atoms with E-state index in [9.17, 15) is 0 Å². The third-order valence-electron chi connectivity index (χ3n) is 1.65. The number of benzene rings is 1. The zero-order valence-electron chi connectivity index (χ0n) is 7.17. The standard InChI is InChI=1S/C10H12N2/c1-7(2)9-6-8(11)4-5-10(9)12-3/h4-6H,1,3,11H2,2H3. The fraction of sp³-hybridized carbons (Fsp3) is 0.100. The molecule has 0 amide bonds. The first-order chi connectivity index (χ1) is 5.65. The van der Waals surface area contributed by atoms with Gasteiger partial charge in [-0.2, -0.15) is 0 Å². The van der Waals surface area contributed by atoms with Crippen LogP contribution in [0.1, 0.15) is 12.5 Å². The minimum absolute atomic E-state index is 0.723. The molecule has 0 heterocycles. The molecule has 2 N–H and O–H groups in total. The Balaban J connectivity index is 3.30. The van der Waals surface area contributed by atoms with Gasteiger partial charge in [0.2, 0.25) is 0 Å². The van der Waals surface area contributed by atoms with E-state index < -0.39 is 0 Å². The summed E-state index contributed by atoms with van der Waals surface area (Å²) in [4.78, 5) is 3.87. The molecule has 1 aromatic rings. The van der Waals surface area contributed by atoms with Crippen LogP contribution in [0.15, 0.2) is 29.8 Å². The molecule has 0 aliphatic heterocycles. The van der Waals surface area contributed by atoms with Crippen LogP contribution in [0.5, 0.6) is 0 Å². The Morgan fingerprint density at radius 3 is 2.67 bits per heavy atom. The van der Waals surface area contributed by atoms with Gasteiger partial charge in [-0.3, -0.25) is 4.99 Å². The van der Waals surface area contributed by atoms with E-state index in [-0.39, 0.29) is 0 Å². The Bertz CT molecular complexity index is 327. The summed E-state index contributed by atoms with van der Waals surface area (Å²) in [5.41, 5.74) is 9.08. The van der Waals surface area contributed by atoms with E-state index in [4.69, 9.17) is 5.73 Å². The summed E-state index contributed by atoms with van der Waals surface area (Å²) in [5.74, 6) is 0. The molecule has 0 aromatic heterocycles. The molecular weight excluding hydrogens is 148 g/mol. The van der Waals surface area contributed by atoms with Crippen LogP contribution in [-0.4, -0.2) is 6.72 Å². The van der Waals surface area contributed by atoms with Crippen molar-refractivity contribution in [1.82, 2.24) is 0 Å². The second-order valence-electron chi connectivity index (χ2n) is 2.72. The summed E-state index contributed by atoms with van der Waals surface area (Å²) >= 11 is 0. The van der Waals surface area contributed by atoms with Gasteiger partial charge in [0.15, 0.2) is 0 Å². The summed E-state index contributed by atoms with van der Waals surface area (Å²) in [5, 5.41) is 0. The van der Waals surface area contributed by atoms with Gasteiger partial charge >= 0.3 is 0 Å². The molecule has 0 aliphatic rings. The van der Waals surface area contributed by atoms with E-state index in [0.717, 1.165) is 22.5 Å². The third kappa shape index (κ3) is 1.53. The maximum Gasteiger partial charge on any atom is 0.0698 e. The van der Waals surface area contributed by atoms with Gasteiger partial charge in [0, 0.05) is 11.3 Å². The monoisotopic (exact) mass is 160 g/mol. The minimum atomic E-state index is 0.723. The van der Waals surface area contributed by atoms with Crippen molar-refractivity contribution in [2.45, 2.75) is 6.92 Å². The van der Waals surface area contributed by atoms with Crippen LogP contribution in [0, 0.1) is 0 Å². The lowest BCUT2D eigenvalue weighted by molar-refractivity contribution is 1.49. The average Bonchev–Trinajstić information content (AvgIpc) is 2.04. The van der Waals surface area contributed by atoms with Crippen molar-refractivity contribution in [3.05, 3.63) is 30.3 Å². The van der Waals surface area contributed by atoms with Crippen LogP contribution in [0.3, 0.4) is 0 Å². The molecule has 62 valence electrons. The molecule has 0 saturated heterocycles. The Labute approximate surface area is 72.4 Å². The quantitative estimate of drug-likeness (QED) is 0.524. The maximum atomic E-state index is 5.62. The number of rotatable bonds is 2. The van der Waals surface area contributed by atoms with E-state index in [0.29, 0.717) is 0 Å². The van der Waals surface area contributed by atoms with E-state index in [2.05, 4.69) is 18.3 Å². The van der Waals surface area contributed by atoms with E-state index >= 15 is 0 Å². The van der Waals surface area contributed by atoms with Gasteiger partial charge in [0.05, 0.1) is 5.69 Å². The number of allylic oxidation sites excluding steroid dienone is 1. The van der Waals surface area contributed by atoms with Crippen LogP contribution < -0.4 is 5.73 Å². The van der Waals surface area contributed by atoms with Crippen molar-refractivity contribution in [1.29, 1.82) is 0 Å². The molecule has 1 rings (SSSR count). The van der Waals surface area contributed by atoms with Crippen molar-refractivity contribution >= 4 is 23.7 Å². The van der Waals surface area contributed by atoms with E-state index in [1.165, 1.54) is 0 Å². The zero-order chi connectivity index (χ0) is 9.14. The summed E-state index contributed by atoms with van der Waals surface area (Å²) in [6.45, 7) is 9.22. The maximum absolute atomic E-state index is 5.62. The predicted octanol–water partition coefficient (Wildman–Crippen LogP) is 2.63. The molecule has 2 heteroatoms. The SMILES string of the molecule is C=Nc1ccc(N)cc1C(=C)C. The molecular formula is C10H12N2. The van der Waals surface area contributed by atoms with Crippen molar-refractivity contribution < 1.29 is 0 Å². The molecule has 0 bridgehead atoms. The number of nitrogen functional groups attached to an aromatic ring is 1. The molecule has 0 radical (unpaired) electrons. The number of hydrogen-bond donors (Lipinski definition) is 1. The van der Waals surface area contributed by atoms with Crippen LogP contribution in [0.4, 0.5) is 11.4 Å². The topological polar surface area (TPSA) is 38.4 Å². The van der Waals surface area contributed by atoms with Gasteiger partial charge in [-0.15, -0.1) is 0 Å². The minimum Gasteiger partial charge on any atom is -0.399 e. The summed E-state index contributed by atoms with van der Waals surface area (Å²) in [7, 11) is 0. The van der Waals surface area contributed by atoms with Crippen molar-refractivity contribution in [3.8, 4) is 0 Å². The highest BCUT2D eigenvalue weighted by molar-refractivity contribution is 5.75. The Kier molecular flexibility index (Phi) is 2.29. The number of nitrogens with two attached hydrogens (primary N) is 1. The Hall–Kier alpha value is -1.57. The van der Waals surface area contributed by atoms with Crippen LogP contribution in [0.25, 0.3) is 5.57 Å². The first kappa shape index (κ1) is 8.53. The molecule has 0 spiro atoms. The van der Waals surface area contributed by atoms with Gasteiger partial charge in [-0.1, -0.05) is 6.58 Å². The highest BCUT2D eigenvalue weighted by Gasteiger charge is 2.00. The van der Waals surface area contributed by atoms with Gasteiger partial charge in [-0.25, -0.2) is 0 Å². The fourth-order valence-electron chi connectivity index (χ4n) is 1.03. The van der Waals surface area contributed by atoms with Crippen molar-refractivity contribution in [2.24, 2.45) is 4.99 Å². The second-order valence-corrected chi connectivity index (χ2v) is 2.72. The first-order valence-corrected chi connectivity index (χ1v) is 3.67. The lowest BCUT2D eigenvalue weighted by Gasteiger charge is -2.04. The van der Waals surface area contributed by atoms with Gasteiger partial charge in [0.25, 0.3) is 0 Å². The van der Waals surface area contributed by atoms with Gasteiger partial charge in [-0.05, 0) is 37.4 Å². The number of nitrogens with zero attached hydrogens (tertiary/aromatic N) is 1. The van der Waals surface area contributed by atoms with Crippen molar-refractivity contribution in [3.63, 3.8) is 0 Å². The third-order valence-corrected chi connectivity index (χ3v) is 1.65. The summed E-state index contributed by atoms with van der Waals surface area (Å²) < 4.78 is 0. The van der Waals surface area contributed by atoms with Crippen molar-refractivity contribution in [2.75, 3.05) is 5.73 Å². The first-order valence-electron chi connectivity index (χ1n) is 3.67. The predicted molar refractivity (Wildman–Crippen MR) is 54.8 cm³/mol. The fourth-order valence-corrected chi connectivity index (χ4v) is 1.03. The molecule has 2 nitrogen and oxygen atoms in total. The van der Waals surface area contributed by atoms with E-state index in [1.54, 1.807) is 6.07 Å². The zero-order valence-corrected chi connectivity index (χ0v) is 7.17. The van der Waals surface area contributed by atoms with Crippen LogP contribution in [-0.2, 0) is 0 Å². The number of hydrogen-bond acceptors (Lipinski definition) is 2. The Morgan fingerprint density at radius 2 is 2.17 bits per heavy atom. The molecule has 0 aliphatic carbocycles. The molecule has 0 saturated carbocycles. The summed E-state index contributed by atoms with van der Waals surface area (Å²) in [6, 6.07) is 5.50. The molecule has 0 fully saturated rings. The normalized spacial score (nSPS) is 9.42. The van der Waals surface area contributed by atoms with Crippen LogP contribution >= 0.6 is 0 Å². The highest BCUT2D eigenvalue weighted by atomic mass is 14.7. The molecule has 1 aromatic carbocycles. The molecule has 0 unspecified atom stereocenters. The van der Waals surface area contributed by atoms with E-state index in [1.807, 2.05) is 19.1 Å². The smallest absolute Gasteiger partial charge is 0.0698 e. The molecule has 12 heavy (non-hydrogen) atoms. The lowest BCUT2D eigenvalue weighted by Crippen LogP contribution is -1.86. The molecule has 0 atom stereocenters. The largest absolute Gasteiger partial charge is 0.399 e. The number of aliphatic imine (C=N–C) groups is 1.